The van der Waals surface area contributed by atoms with Gasteiger partial charge in [-0.2, -0.15) is 0 Å². The van der Waals surface area contributed by atoms with E-state index in [-0.39, 0.29) is 17.9 Å². The maximum absolute atomic E-state index is 13.4. The van der Waals surface area contributed by atoms with E-state index < -0.39 is 23.5 Å². The molecule has 0 radical (unpaired) electrons. The van der Waals surface area contributed by atoms with Crippen molar-refractivity contribution in [2.75, 3.05) is 27.4 Å². The van der Waals surface area contributed by atoms with Crippen LogP contribution in [0.5, 0.6) is 5.75 Å². The fraction of sp³-hybridized carbons (Fsp3) is 0.273. The van der Waals surface area contributed by atoms with Crippen molar-refractivity contribution in [3.8, 4) is 5.75 Å². The minimum absolute atomic E-state index is 0.0239. The van der Waals surface area contributed by atoms with Crippen LogP contribution in [0.4, 0.5) is 4.39 Å². The van der Waals surface area contributed by atoms with Crippen LogP contribution in [-0.4, -0.2) is 49.1 Å². The zero-order valence-electron chi connectivity index (χ0n) is 16.2. The largest absolute Gasteiger partial charge is 0.507 e. The number of halogens is 1. The zero-order valence-corrected chi connectivity index (χ0v) is 16.2. The summed E-state index contributed by atoms with van der Waals surface area (Å²) in [5.74, 6) is -1.60. The van der Waals surface area contributed by atoms with Gasteiger partial charge in [0.2, 0.25) is 0 Å². The molecule has 1 aliphatic heterocycles. The first-order valence-corrected chi connectivity index (χ1v) is 9.15. The molecule has 1 heterocycles. The van der Waals surface area contributed by atoms with Crippen LogP contribution in [0.25, 0.3) is 5.76 Å². The standard InChI is InChI=1S/C22H22FNO5/c1-28-13-3-12-24-19(14-4-8-16(23)9-5-14)18(21(26)22(24)27)20(25)15-6-10-17(29-2)11-7-15/h4-11,19,25H,3,12-13H2,1-2H3/t19-/m0/s1. The van der Waals surface area contributed by atoms with Crippen LogP contribution in [0.15, 0.2) is 54.1 Å². The molecule has 1 atom stereocenters. The number of methoxy groups -OCH3 is 2. The number of rotatable bonds is 7. The number of aliphatic hydroxyl groups is 1. The molecule has 6 nitrogen and oxygen atoms in total. The molecule has 2 aromatic carbocycles. The third-order valence-corrected chi connectivity index (χ3v) is 4.84. The summed E-state index contributed by atoms with van der Waals surface area (Å²) in [5, 5.41) is 10.9. The average molecular weight is 399 g/mol. The van der Waals surface area contributed by atoms with E-state index in [1.807, 2.05) is 0 Å². The predicted molar refractivity (Wildman–Crippen MR) is 105 cm³/mol. The van der Waals surface area contributed by atoms with E-state index >= 15 is 0 Å². The zero-order chi connectivity index (χ0) is 21.0. The third-order valence-electron chi connectivity index (χ3n) is 4.84. The Morgan fingerprint density at radius 3 is 2.31 bits per heavy atom. The van der Waals surface area contributed by atoms with Crippen molar-refractivity contribution in [2.45, 2.75) is 12.5 Å². The van der Waals surface area contributed by atoms with Gasteiger partial charge in [0.15, 0.2) is 0 Å². The molecule has 0 spiro atoms. The number of hydrogen-bond acceptors (Lipinski definition) is 5. The molecule has 0 saturated carbocycles. The smallest absolute Gasteiger partial charge is 0.295 e. The first kappa shape index (κ1) is 20.5. The van der Waals surface area contributed by atoms with Crippen LogP contribution in [0.2, 0.25) is 0 Å². The number of Topliss-reactive ketones (excluding diaryl/α,β-unsaturated/α-hetero) is 1. The van der Waals surface area contributed by atoms with Crippen molar-refractivity contribution in [1.29, 1.82) is 0 Å². The SMILES string of the molecule is COCCCN1C(=O)C(=O)C(=C(O)c2ccc(OC)cc2)[C@@H]1c1ccc(F)cc1. The number of ketones is 1. The molecule has 0 aliphatic carbocycles. The molecule has 7 heteroatoms. The highest BCUT2D eigenvalue weighted by Crippen LogP contribution is 2.39. The topological polar surface area (TPSA) is 76.1 Å². The van der Waals surface area contributed by atoms with Crippen LogP contribution in [-0.2, 0) is 14.3 Å². The highest BCUT2D eigenvalue weighted by molar-refractivity contribution is 6.46. The monoisotopic (exact) mass is 399 g/mol. The summed E-state index contributed by atoms with van der Waals surface area (Å²) < 4.78 is 23.6. The minimum Gasteiger partial charge on any atom is -0.507 e. The summed E-state index contributed by atoms with van der Waals surface area (Å²) in [6.45, 7) is 0.678. The second-order valence-electron chi connectivity index (χ2n) is 6.62. The van der Waals surface area contributed by atoms with Gasteiger partial charge in [-0.1, -0.05) is 12.1 Å². The normalized spacial score (nSPS) is 18.3. The molecule has 1 aliphatic rings. The summed E-state index contributed by atoms with van der Waals surface area (Å²) >= 11 is 0. The number of amides is 1. The Balaban J connectivity index is 2.09. The van der Waals surface area contributed by atoms with Crippen LogP contribution >= 0.6 is 0 Å². The molecule has 1 N–H and O–H groups in total. The lowest BCUT2D eigenvalue weighted by molar-refractivity contribution is -0.140. The lowest BCUT2D eigenvalue weighted by Crippen LogP contribution is -2.31. The molecule has 0 bridgehead atoms. The van der Waals surface area contributed by atoms with E-state index in [2.05, 4.69) is 0 Å². The van der Waals surface area contributed by atoms with Gasteiger partial charge in [0.25, 0.3) is 11.7 Å². The maximum Gasteiger partial charge on any atom is 0.295 e. The number of nitrogens with zero attached hydrogens (tertiary/aromatic N) is 1. The molecule has 3 rings (SSSR count). The van der Waals surface area contributed by atoms with Gasteiger partial charge in [-0.3, -0.25) is 9.59 Å². The second kappa shape index (κ2) is 8.87. The number of benzene rings is 2. The van der Waals surface area contributed by atoms with Crippen molar-refractivity contribution in [1.82, 2.24) is 4.90 Å². The summed E-state index contributed by atoms with van der Waals surface area (Å²) in [5.41, 5.74) is 0.898. The number of carbonyl (C=O) groups excluding carboxylic acids is 2. The third kappa shape index (κ3) is 4.14. The number of likely N-dealkylation sites (tertiary alicyclic amines) is 1. The Labute approximate surface area is 168 Å². The highest BCUT2D eigenvalue weighted by Gasteiger charge is 2.45. The van der Waals surface area contributed by atoms with Crippen molar-refractivity contribution in [2.24, 2.45) is 0 Å². The Kier molecular flexibility index (Phi) is 6.29. The number of carbonyl (C=O) groups is 2. The van der Waals surface area contributed by atoms with Gasteiger partial charge in [-0.15, -0.1) is 0 Å². The average Bonchev–Trinajstić information content (AvgIpc) is 2.99. The summed E-state index contributed by atoms with van der Waals surface area (Å²) in [7, 11) is 3.07. The molecule has 2 aromatic rings. The molecule has 1 saturated heterocycles. The molecule has 0 aromatic heterocycles. The van der Waals surface area contributed by atoms with Crippen LogP contribution in [0.1, 0.15) is 23.6 Å². The lowest BCUT2D eigenvalue weighted by atomic mass is 9.95. The molecule has 1 fully saturated rings. The lowest BCUT2D eigenvalue weighted by Gasteiger charge is -2.25. The van der Waals surface area contributed by atoms with E-state index in [1.165, 1.54) is 36.3 Å². The van der Waals surface area contributed by atoms with E-state index in [0.29, 0.717) is 29.9 Å². The minimum atomic E-state index is -0.811. The van der Waals surface area contributed by atoms with Gasteiger partial charge in [0.1, 0.15) is 17.3 Å². The van der Waals surface area contributed by atoms with Gasteiger partial charge in [-0.25, -0.2) is 4.39 Å². The first-order chi connectivity index (χ1) is 14.0. The molecular formula is C22H22FNO5. The van der Waals surface area contributed by atoms with Crippen molar-refractivity contribution in [3.63, 3.8) is 0 Å². The van der Waals surface area contributed by atoms with Gasteiger partial charge in [-0.05, 0) is 48.4 Å². The molecule has 0 unspecified atom stereocenters. The number of ether oxygens (including phenoxy) is 2. The van der Waals surface area contributed by atoms with E-state index in [9.17, 15) is 19.1 Å². The quantitative estimate of drug-likeness (QED) is 0.335. The Hall–Kier alpha value is -3.19. The Morgan fingerprint density at radius 1 is 1.07 bits per heavy atom. The summed E-state index contributed by atoms with van der Waals surface area (Å²) in [6.07, 6.45) is 0.518. The second-order valence-corrected chi connectivity index (χ2v) is 6.62. The molecule has 1 amide bonds. The molecular weight excluding hydrogens is 377 g/mol. The van der Waals surface area contributed by atoms with Crippen LogP contribution in [0, 0.1) is 5.82 Å². The van der Waals surface area contributed by atoms with Gasteiger partial charge < -0.3 is 19.5 Å². The van der Waals surface area contributed by atoms with Crippen molar-refractivity contribution >= 4 is 17.4 Å². The maximum atomic E-state index is 13.4. The van der Waals surface area contributed by atoms with Gasteiger partial charge in [0, 0.05) is 25.8 Å². The van der Waals surface area contributed by atoms with E-state index in [4.69, 9.17) is 9.47 Å². The summed E-state index contributed by atoms with van der Waals surface area (Å²) in [6, 6.07) is 11.2. The Morgan fingerprint density at radius 2 is 1.72 bits per heavy atom. The highest BCUT2D eigenvalue weighted by atomic mass is 19.1. The van der Waals surface area contributed by atoms with Gasteiger partial charge >= 0.3 is 0 Å². The number of hydrogen-bond donors (Lipinski definition) is 1. The van der Waals surface area contributed by atoms with Crippen LogP contribution in [0.3, 0.4) is 0 Å². The fourth-order valence-electron chi connectivity index (χ4n) is 3.39. The fourth-order valence-corrected chi connectivity index (χ4v) is 3.39. The van der Waals surface area contributed by atoms with Crippen molar-refractivity contribution in [3.05, 3.63) is 71.0 Å². The predicted octanol–water partition coefficient (Wildman–Crippen LogP) is 3.29. The summed E-state index contributed by atoms with van der Waals surface area (Å²) in [4.78, 5) is 26.9. The van der Waals surface area contributed by atoms with E-state index in [1.54, 1.807) is 31.4 Å². The number of aliphatic hydroxyl groups excluding tert-OH is 1. The molecule has 152 valence electrons. The van der Waals surface area contributed by atoms with Crippen LogP contribution < -0.4 is 4.74 Å². The Bertz CT molecular complexity index is 921. The van der Waals surface area contributed by atoms with E-state index in [0.717, 1.165) is 0 Å². The van der Waals surface area contributed by atoms with Gasteiger partial charge in [0.05, 0.1) is 18.7 Å². The molecule has 29 heavy (non-hydrogen) atoms. The first-order valence-electron chi connectivity index (χ1n) is 9.15. The van der Waals surface area contributed by atoms with Crippen molar-refractivity contribution < 1.29 is 28.6 Å².